The van der Waals surface area contributed by atoms with E-state index in [4.69, 9.17) is 16.3 Å². The van der Waals surface area contributed by atoms with Crippen molar-refractivity contribution in [3.05, 3.63) is 10.8 Å². The first-order valence-electron chi connectivity index (χ1n) is 5.70. The van der Waals surface area contributed by atoms with E-state index in [1.807, 2.05) is 6.26 Å². The maximum Gasteiger partial charge on any atom is 0.230 e. The number of Topliss-reactive ketones (excluding diaryl/α,β-unsaturated/α-hetero) is 1. The number of aromatic amines is 1. The molecule has 0 saturated heterocycles. The monoisotopic (exact) mass is 311 g/mol. The van der Waals surface area contributed by atoms with E-state index >= 15 is 0 Å². The van der Waals surface area contributed by atoms with Crippen molar-refractivity contribution in [1.29, 1.82) is 0 Å². The van der Waals surface area contributed by atoms with Gasteiger partial charge in [-0.15, -0.1) is 0 Å². The molecule has 1 aliphatic heterocycles. The van der Waals surface area contributed by atoms with Gasteiger partial charge in [0.25, 0.3) is 0 Å². The molecule has 1 aliphatic rings. The molecule has 2 aromatic rings. The number of rotatable bonds is 2. The lowest BCUT2D eigenvalue weighted by atomic mass is 9.92. The fourth-order valence-corrected chi connectivity index (χ4v) is 2.64. The molecule has 0 aliphatic carbocycles. The van der Waals surface area contributed by atoms with Crippen LogP contribution in [0.5, 0.6) is 5.88 Å². The van der Waals surface area contributed by atoms with Crippen LogP contribution in [0.4, 0.5) is 0 Å². The zero-order valence-corrected chi connectivity index (χ0v) is 12.5. The molecule has 0 bridgehead atoms. The first-order valence-corrected chi connectivity index (χ1v) is 7.31. The quantitative estimate of drug-likeness (QED) is 0.513. The van der Waals surface area contributed by atoms with Gasteiger partial charge in [-0.05, 0) is 20.1 Å². The Kier molecular flexibility index (Phi) is 2.94. The van der Waals surface area contributed by atoms with Gasteiger partial charge in [0, 0.05) is 0 Å². The largest absolute Gasteiger partial charge is 0.456 e. The summed E-state index contributed by atoms with van der Waals surface area (Å²) < 4.78 is 5.77. The summed E-state index contributed by atoms with van der Waals surface area (Å²) in [5, 5.41) is 11.2. The summed E-state index contributed by atoms with van der Waals surface area (Å²) >= 11 is 7.50. The Bertz CT molecular complexity index is 719. The predicted octanol–water partition coefficient (Wildman–Crippen LogP) is 1.83. The number of nitrogens with one attached hydrogen (secondary N) is 1. The molecule has 0 aromatic carbocycles. The van der Waals surface area contributed by atoms with Crippen molar-refractivity contribution in [3.63, 3.8) is 0 Å². The van der Waals surface area contributed by atoms with E-state index in [-0.39, 0.29) is 16.8 Å². The number of H-pyrrole nitrogens is 1. The van der Waals surface area contributed by atoms with Crippen LogP contribution < -0.4 is 4.74 Å². The smallest absolute Gasteiger partial charge is 0.230 e. The van der Waals surface area contributed by atoms with Crippen molar-refractivity contribution in [3.8, 4) is 17.1 Å². The van der Waals surface area contributed by atoms with Crippen molar-refractivity contribution in [1.82, 2.24) is 25.4 Å². The number of aromatic nitrogens is 5. The van der Waals surface area contributed by atoms with Gasteiger partial charge in [-0.3, -0.25) is 4.79 Å². The second-order valence-corrected chi connectivity index (χ2v) is 5.52. The van der Waals surface area contributed by atoms with Gasteiger partial charge in [-0.25, -0.2) is 4.98 Å². The van der Waals surface area contributed by atoms with Gasteiger partial charge >= 0.3 is 0 Å². The second-order valence-electron chi connectivity index (χ2n) is 4.39. The van der Waals surface area contributed by atoms with E-state index in [0.717, 1.165) is 0 Å². The number of fused-ring (bicyclic) bond motifs is 3. The lowest BCUT2D eigenvalue weighted by molar-refractivity contribution is -0.132. The average Bonchev–Trinajstić information content (AvgIpc) is 2.87. The topological polar surface area (TPSA) is 93.6 Å². The maximum atomic E-state index is 11.9. The molecular formula is C11H10ClN5O2S. The number of halogens is 1. The van der Waals surface area contributed by atoms with Crippen LogP contribution in [0.1, 0.15) is 19.5 Å². The van der Waals surface area contributed by atoms with Crippen LogP contribution in [0.2, 0.25) is 5.15 Å². The van der Waals surface area contributed by atoms with E-state index < -0.39 is 5.60 Å². The van der Waals surface area contributed by atoms with Crippen molar-refractivity contribution in [2.75, 3.05) is 6.26 Å². The van der Waals surface area contributed by atoms with Crippen molar-refractivity contribution in [2.24, 2.45) is 0 Å². The number of ether oxygens (including phenoxy) is 1. The third-order valence-corrected chi connectivity index (χ3v) is 4.02. The highest BCUT2D eigenvalue weighted by Gasteiger charge is 2.46. The maximum absolute atomic E-state index is 11.9. The van der Waals surface area contributed by atoms with Gasteiger partial charge in [0.15, 0.2) is 10.9 Å². The summed E-state index contributed by atoms with van der Waals surface area (Å²) in [5.74, 6) is 0.0483. The highest BCUT2D eigenvalue weighted by Crippen LogP contribution is 2.45. The summed E-state index contributed by atoms with van der Waals surface area (Å²) in [4.78, 5) is 20.3. The van der Waals surface area contributed by atoms with Crippen LogP contribution in [-0.2, 0) is 10.4 Å². The summed E-state index contributed by atoms with van der Waals surface area (Å²) in [6.07, 6.45) is 1.83. The van der Waals surface area contributed by atoms with Crippen LogP contribution in [0.15, 0.2) is 5.16 Å². The molecule has 0 radical (unpaired) electrons. The first kappa shape index (κ1) is 13.3. The summed E-state index contributed by atoms with van der Waals surface area (Å²) in [6, 6.07) is 0. The Morgan fingerprint density at radius 3 is 2.80 bits per heavy atom. The van der Waals surface area contributed by atoms with Crippen LogP contribution in [0, 0.1) is 0 Å². The standard InChI is InChI=1S/C11H10ClN5O2S/c1-4(18)11(2)7-6(15-17-16-7)5-8(12)13-10(20-3)14-9(5)19-11/h1-3H3,(H,15,16,17). The number of carbonyl (C=O) groups is 1. The Balaban J connectivity index is 2.30. The van der Waals surface area contributed by atoms with Crippen LogP contribution in [0.25, 0.3) is 11.3 Å². The number of ketones is 1. The van der Waals surface area contributed by atoms with Crippen molar-refractivity contribution < 1.29 is 9.53 Å². The molecule has 104 valence electrons. The van der Waals surface area contributed by atoms with Crippen molar-refractivity contribution in [2.45, 2.75) is 24.6 Å². The molecule has 0 fully saturated rings. The Morgan fingerprint density at radius 1 is 1.40 bits per heavy atom. The van der Waals surface area contributed by atoms with E-state index in [1.54, 1.807) is 6.92 Å². The van der Waals surface area contributed by atoms with E-state index in [2.05, 4.69) is 25.4 Å². The molecule has 3 heterocycles. The highest BCUT2D eigenvalue weighted by atomic mass is 35.5. The fourth-order valence-electron chi connectivity index (χ4n) is 1.98. The zero-order chi connectivity index (χ0) is 14.5. The molecule has 3 rings (SSSR count). The molecule has 0 saturated carbocycles. The third kappa shape index (κ3) is 1.71. The highest BCUT2D eigenvalue weighted by molar-refractivity contribution is 7.98. The molecule has 7 nitrogen and oxygen atoms in total. The second kappa shape index (κ2) is 4.42. The third-order valence-electron chi connectivity index (χ3n) is 3.20. The van der Waals surface area contributed by atoms with Gasteiger partial charge in [0.2, 0.25) is 11.5 Å². The van der Waals surface area contributed by atoms with E-state index in [9.17, 15) is 4.79 Å². The number of thioether (sulfide) groups is 1. The van der Waals surface area contributed by atoms with Gasteiger partial charge in [0.05, 0.1) is 0 Å². The minimum absolute atomic E-state index is 0.196. The molecule has 0 amide bonds. The molecule has 1 N–H and O–H groups in total. The van der Waals surface area contributed by atoms with Crippen LogP contribution >= 0.6 is 23.4 Å². The first-order chi connectivity index (χ1) is 9.47. The molecule has 2 aromatic heterocycles. The summed E-state index contributed by atoms with van der Waals surface area (Å²) in [5.41, 5.74) is 0.0522. The van der Waals surface area contributed by atoms with E-state index in [1.165, 1.54) is 18.7 Å². The lowest BCUT2D eigenvalue weighted by Gasteiger charge is -2.30. The molecule has 0 spiro atoms. The van der Waals surface area contributed by atoms with Crippen LogP contribution in [0.3, 0.4) is 0 Å². The fraction of sp³-hybridized carbons (Fsp3) is 0.364. The van der Waals surface area contributed by atoms with Gasteiger partial charge in [-0.2, -0.15) is 20.4 Å². The molecule has 1 atom stereocenters. The van der Waals surface area contributed by atoms with Gasteiger partial charge in [-0.1, -0.05) is 23.4 Å². The predicted molar refractivity (Wildman–Crippen MR) is 72.9 cm³/mol. The molecule has 1 unspecified atom stereocenters. The minimum atomic E-state index is -1.23. The summed E-state index contributed by atoms with van der Waals surface area (Å²) in [6.45, 7) is 3.07. The van der Waals surface area contributed by atoms with Gasteiger partial charge in [0.1, 0.15) is 22.1 Å². The number of hydrogen-bond donors (Lipinski definition) is 1. The molecule has 20 heavy (non-hydrogen) atoms. The number of hydrogen-bond acceptors (Lipinski definition) is 7. The minimum Gasteiger partial charge on any atom is -0.456 e. The lowest BCUT2D eigenvalue weighted by Crippen LogP contribution is -2.40. The van der Waals surface area contributed by atoms with Crippen molar-refractivity contribution >= 4 is 29.1 Å². The van der Waals surface area contributed by atoms with Gasteiger partial charge < -0.3 is 4.74 Å². The average molecular weight is 312 g/mol. The Morgan fingerprint density at radius 2 is 2.15 bits per heavy atom. The SMILES string of the molecule is CSc1nc(Cl)c2c(n1)OC(C)(C(C)=O)c1n[nH]nc1-2. The zero-order valence-electron chi connectivity index (χ0n) is 10.9. The number of nitrogens with zero attached hydrogens (tertiary/aromatic N) is 4. The van der Waals surface area contributed by atoms with E-state index in [0.29, 0.717) is 22.1 Å². The van der Waals surface area contributed by atoms with Crippen LogP contribution in [-0.4, -0.2) is 37.4 Å². The Labute approximate surface area is 123 Å². The molecular weight excluding hydrogens is 302 g/mol. The normalized spacial score (nSPS) is 20.0. The Hall–Kier alpha value is -1.67. The molecule has 9 heteroatoms. The number of carbonyl (C=O) groups excluding carboxylic acids is 1. The summed E-state index contributed by atoms with van der Waals surface area (Å²) in [7, 11) is 0.